The Balaban J connectivity index is 1.40. The quantitative estimate of drug-likeness (QED) is 0.368. The van der Waals surface area contributed by atoms with Gasteiger partial charge >= 0.3 is 0 Å². The van der Waals surface area contributed by atoms with Gasteiger partial charge in [0.25, 0.3) is 0 Å². The highest BCUT2D eigenvalue weighted by atomic mass is 19.2. The summed E-state index contributed by atoms with van der Waals surface area (Å²) in [5.41, 5.74) is 0.946. The van der Waals surface area contributed by atoms with Crippen molar-refractivity contribution in [3.05, 3.63) is 35.4 Å². The van der Waals surface area contributed by atoms with E-state index in [1.54, 1.807) is 6.07 Å². The van der Waals surface area contributed by atoms with E-state index in [1.807, 2.05) is 0 Å². The van der Waals surface area contributed by atoms with Crippen LogP contribution in [-0.2, 0) is 0 Å². The summed E-state index contributed by atoms with van der Waals surface area (Å²) in [5.74, 6) is 8.09. The van der Waals surface area contributed by atoms with Crippen LogP contribution in [0.4, 0.5) is 8.78 Å². The van der Waals surface area contributed by atoms with Gasteiger partial charge < -0.3 is 0 Å². The Morgan fingerprint density at radius 3 is 2.04 bits per heavy atom. The number of rotatable bonds is 5. The maximum atomic E-state index is 13.5. The van der Waals surface area contributed by atoms with Gasteiger partial charge in [0.05, 0.1) is 0 Å². The fourth-order valence-corrected chi connectivity index (χ4v) is 4.85. The van der Waals surface area contributed by atoms with E-state index in [-0.39, 0.29) is 0 Å². The molecule has 0 aromatic heterocycles. The van der Waals surface area contributed by atoms with Gasteiger partial charge in [-0.15, -0.1) is 0 Å². The molecule has 2 aliphatic rings. The Morgan fingerprint density at radius 2 is 1.44 bits per heavy atom. The summed E-state index contributed by atoms with van der Waals surface area (Å²) in [6, 6.07) is 4.38. The largest absolute Gasteiger partial charge is 0.204 e. The molecule has 0 bridgehead atoms. The summed E-state index contributed by atoms with van der Waals surface area (Å²) in [5, 5.41) is 0. The Bertz CT molecular complexity index is 638. The molecule has 1 aromatic carbocycles. The molecule has 0 unspecified atom stereocenters. The van der Waals surface area contributed by atoms with Crippen LogP contribution < -0.4 is 0 Å². The summed E-state index contributed by atoms with van der Waals surface area (Å²) in [7, 11) is 0. The van der Waals surface area contributed by atoms with Crippen molar-refractivity contribution in [2.45, 2.75) is 89.9 Å². The minimum atomic E-state index is -0.751. The minimum absolute atomic E-state index is 0.358. The van der Waals surface area contributed by atoms with Crippen LogP contribution in [0.1, 0.15) is 95.5 Å². The van der Waals surface area contributed by atoms with Crippen LogP contribution in [0.15, 0.2) is 18.2 Å². The molecule has 0 N–H and O–H groups in total. The van der Waals surface area contributed by atoms with Gasteiger partial charge in [0.2, 0.25) is 0 Å². The van der Waals surface area contributed by atoms with E-state index in [2.05, 4.69) is 18.8 Å². The fraction of sp³-hybridized carbons (Fsp3) is 0.680. The van der Waals surface area contributed by atoms with Crippen LogP contribution in [0.5, 0.6) is 0 Å². The lowest BCUT2D eigenvalue weighted by molar-refractivity contribution is 0.294. The third kappa shape index (κ3) is 6.06. The highest BCUT2D eigenvalue weighted by molar-refractivity contribution is 5.23. The van der Waals surface area contributed by atoms with Crippen LogP contribution in [0, 0.1) is 41.2 Å². The number of halogens is 2. The lowest BCUT2D eigenvalue weighted by atomic mass is 9.77. The molecule has 0 saturated heterocycles. The molecule has 0 aliphatic heterocycles. The van der Waals surface area contributed by atoms with E-state index in [4.69, 9.17) is 0 Å². The second-order valence-electron chi connectivity index (χ2n) is 8.72. The summed E-state index contributed by atoms with van der Waals surface area (Å²) in [6.45, 7) is 2.28. The average Bonchev–Trinajstić information content (AvgIpc) is 2.70. The van der Waals surface area contributed by atoms with Crippen molar-refractivity contribution in [3.8, 4) is 11.8 Å². The lowest BCUT2D eigenvalue weighted by Gasteiger charge is -2.27. The molecular weight excluding hydrogens is 338 g/mol. The van der Waals surface area contributed by atoms with Gasteiger partial charge in [-0.1, -0.05) is 50.5 Å². The normalized spacial score (nSPS) is 28.4. The molecule has 2 aliphatic carbocycles. The van der Waals surface area contributed by atoms with Crippen LogP contribution in [0.25, 0.3) is 0 Å². The second kappa shape index (κ2) is 10.3. The number of benzene rings is 1. The van der Waals surface area contributed by atoms with Crippen molar-refractivity contribution in [2.75, 3.05) is 0 Å². The topological polar surface area (TPSA) is 0 Å². The highest BCUT2D eigenvalue weighted by Crippen LogP contribution is 2.36. The Labute approximate surface area is 164 Å². The summed E-state index contributed by atoms with van der Waals surface area (Å²) < 4.78 is 26.6. The van der Waals surface area contributed by atoms with Crippen LogP contribution in [0.3, 0.4) is 0 Å². The van der Waals surface area contributed by atoms with Gasteiger partial charge in [0, 0.05) is 11.8 Å². The van der Waals surface area contributed by atoms with E-state index in [0.717, 1.165) is 37.2 Å². The van der Waals surface area contributed by atoms with E-state index in [0.29, 0.717) is 17.8 Å². The number of hydrogen-bond donors (Lipinski definition) is 0. The zero-order valence-electron chi connectivity index (χ0n) is 16.8. The molecule has 0 nitrogen and oxygen atoms in total. The highest BCUT2D eigenvalue weighted by Gasteiger charge is 2.23. The monoisotopic (exact) mass is 372 g/mol. The zero-order chi connectivity index (χ0) is 19.1. The minimum Gasteiger partial charge on any atom is -0.204 e. The summed E-state index contributed by atoms with van der Waals surface area (Å²) in [4.78, 5) is 0. The van der Waals surface area contributed by atoms with Crippen molar-refractivity contribution in [1.29, 1.82) is 0 Å². The molecular formula is C25H34F2. The molecule has 0 radical (unpaired) electrons. The van der Waals surface area contributed by atoms with Crippen LogP contribution in [-0.4, -0.2) is 0 Å². The Hall–Kier alpha value is -1.36. The fourth-order valence-electron chi connectivity index (χ4n) is 4.85. The number of unbranched alkanes of at least 4 members (excludes halogenated alkanes) is 2. The Kier molecular flexibility index (Phi) is 7.74. The molecule has 2 fully saturated rings. The summed E-state index contributed by atoms with van der Waals surface area (Å²) in [6.07, 6.45) is 15.1. The molecule has 0 atom stereocenters. The molecule has 0 amide bonds. The van der Waals surface area contributed by atoms with Gasteiger partial charge in [-0.2, -0.15) is 0 Å². The molecule has 0 spiro atoms. The summed E-state index contributed by atoms with van der Waals surface area (Å²) >= 11 is 0. The standard InChI is InChI=1S/C25H34F2/c1-2-3-4-5-19-6-8-20(9-7-19)10-11-21-12-14-22(15-13-21)23-16-17-24(26)25(27)18-23/h16-22H,2-9,12-15H2,1H3/t19-,20-,21?,22?. The maximum Gasteiger partial charge on any atom is 0.159 e. The van der Waals surface area contributed by atoms with Crippen LogP contribution in [0.2, 0.25) is 0 Å². The van der Waals surface area contributed by atoms with Crippen molar-refractivity contribution in [3.63, 3.8) is 0 Å². The first kappa shape index (κ1) is 20.4. The predicted octanol–water partition coefficient (Wildman–Crippen LogP) is 7.63. The smallest absolute Gasteiger partial charge is 0.159 e. The lowest BCUT2D eigenvalue weighted by Crippen LogP contribution is -2.15. The first-order chi connectivity index (χ1) is 13.2. The van der Waals surface area contributed by atoms with Crippen molar-refractivity contribution in [1.82, 2.24) is 0 Å². The van der Waals surface area contributed by atoms with E-state index in [1.165, 1.54) is 63.5 Å². The van der Waals surface area contributed by atoms with Gasteiger partial charge in [0.1, 0.15) is 0 Å². The van der Waals surface area contributed by atoms with Gasteiger partial charge in [0.15, 0.2) is 11.6 Å². The molecule has 27 heavy (non-hydrogen) atoms. The van der Waals surface area contributed by atoms with Crippen molar-refractivity contribution < 1.29 is 8.78 Å². The average molecular weight is 373 g/mol. The first-order valence-electron chi connectivity index (χ1n) is 11.1. The Morgan fingerprint density at radius 1 is 0.815 bits per heavy atom. The van der Waals surface area contributed by atoms with Crippen molar-refractivity contribution >= 4 is 0 Å². The first-order valence-corrected chi connectivity index (χ1v) is 11.1. The molecule has 3 rings (SSSR count). The number of hydrogen-bond acceptors (Lipinski definition) is 0. The van der Waals surface area contributed by atoms with Gasteiger partial charge in [-0.05, 0) is 80.9 Å². The molecule has 2 heteroatoms. The van der Waals surface area contributed by atoms with E-state index in [9.17, 15) is 8.78 Å². The van der Waals surface area contributed by atoms with Crippen molar-refractivity contribution in [2.24, 2.45) is 17.8 Å². The second-order valence-corrected chi connectivity index (χ2v) is 8.72. The van der Waals surface area contributed by atoms with Crippen LogP contribution >= 0.6 is 0 Å². The molecule has 148 valence electrons. The molecule has 0 heterocycles. The zero-order valence-corrected chi connectivity index (χ0v) is 16.8. The van der Waals surface area contributed by atoms with E-state index < -0.39 is 11.6 Å². The van der Waals surface area contributed by atoms with E-state index >= 15 is 0 Å². The third-order valence-corrected chi connectivity index (χ3v) is 6.70. The van der Waals surface area contributed by atoms with Gasteiger partial charge in [-0.25, -0.2) is 8.78 Å². The maximum absolute atomic E-state index is 13.5. The van der Waals surface area contributed by atoms with Gasteiger partial charge in [-0.3, -0.25) is 0 Å². The predicted molar refractivity (Wildman–Crippen MR) is 108 cm³/mol. The molecule has 1 aromatic rings. The third-order valence-electron chi connectivity index (χ3n) is 6.70. The molecule has 2 saturated carbocycles. The SMILES string of the molecule is CCCCC[C@H]1CC[C@H](C#CC2CCC(c3ccc(F)c(F)c3)CC2)CC1.